The molecule has 2 aromatic carbocycles. The van der Waals surface area contributed by atoms with Gasteiger partial charge in [0.15, 0.2) is 0 Å². The van der Waals surface area contributed by atoms with E-state index < -0.39 is 20.0 Å². The predicted octanol–water partition coefficient (Wildman–Crippen LogP) is 3.55. The number of hydrogen-bond acceptors (Lipinski definition) is 5. The fourth-order valence-corrected chi connectivity index (χ4v) is 4.77. The highest BCUT2D eigenvalue weighted by atomic mass is 31.2. The second kappa shape index (κ2) is 11.4. The van der Waals surface area contributed by atoms with Gasteiger partial charge in [-0.3, -0.25) is 9.32 Å². The third-order valence-corrected chi connectivity index (χ3v) is 7.03. The molecule has 1 aliphatic carbocycles. The molecule has 1 fully saturated rings. The zero-order chi connectivity index (χ0) is 26.6. The van der Waals surface area contributed by atoms with Crippen LogP contribution in [0.2, 0.25) is 0 Å². The third kappa shape index (κ3) is 6.75. The summed E-state index contributed by atoms with van der Waals surface area (Å²) in [5, 5.41) is 12.7. The van der Waals surface area contributed by atoms with Crippen molar-refractivity contribution in [2.45, 2.75) is 37.8 Å². The van der Waals surface area contributed by atoms with Gasteiger partial charge in [0.25, 0.3) is 0 Å². The number of nitrogens with zero attached hydrogens (tertiary/aromatic N) is 2. The van der Waals surface area contributed by atoms with Gasteiger partial charge >= 0.3 is 7.82 Å². The van der Waals surface area contributed by atoms with Crippen molar-refractivity contribution in [3.05, 3.63) is 77.9 Å². The molecule has 1 amide bonds. The molecular weight excluding hydrogens is 493 g/mol. The smallest absolute Gasteiger partial charge is 0.385 e. The van der Waals surface area contributed by atoms with Gasteiger partial charge in [-0.25, -0.2) is 9.55 Å². The molecule has 4 N–H and O–H groups in total. The topological polar surface area (TPSA) is 134 Å². The van der Waals surface area contributed by atoms with E-state index in [1.54, 1.807) is 24.7 Å². The first kappa shape index (κ1) is 26.8. The van der Waals surface area contributed by atoms with E-state index in [0.717, 1.165) is 29.5 Å². The van der Waals surface area contributed by atoms with E-state index in [-0.39, 0.29) is 18.4 Å². The van der Waals surface area contributed by atoms with Crippen LogP contribution in [0.15, 0.2) is 60.9 Å². The molecule has 1 aliphatic rings. The van der Waals surface area contributed by atoms with Crippen LogP contribution in [0, 0.1) is 17.8 Å². The minimum Gasteiger partial charge on any atom is -0.385 e. The lowest BCUT2D eigenvalue weighted by molar-refractivity contribution is -0.127. The Balaban J connectivity index is 1.46. The van der Waals surface area contributed by atoms with Crippen LogP contribution >= 0.6 is 7.82 Å². The van der Waals surface area contributed by atoms with Crippen molar-refractivity contribution in [3.63, 3.8) is 0 Å². The van der Waals surface area contributed by atoms with Crippen LogP contribution in [0.1, 0.15) is 54.8 Å². The third-order valence-electron chi connectivity index (χ3n) is 6.55. The standard InChI is InChI=1S/C27H30N3O6P/c1-18(31)26-29-13-14-30(26)25(17-36-37(33,34)35)12-5-19-3-6-20(7-4-19)21-8-10-22(11-9-21)23-15-24(16-23)27(32)28-2/h3-4,6-11,13-14,18,23-25,31H,15-17H2,1-2H3,(H,28,32)(H2,33,34,35)/t18-,23?,24?,25-/m0/s1. The number of aliphatic hydroxyl groups is 1. The van der Waals surface area contributed by atoms with Crippen LogP contribution in [-0.4, -0.2) is 44.0 Å². The Kier molecular flexibility index (Phi) is 8.28. The van der Waals surface area contributed by atoms with Crippen molar-refractivity contribution in [2.75, 3.05) is 13.7 Å². The molecule has 1 aromatic heterocycles. The number of phosphoric acid groups is 1. The van der Waals surface area contributed by atoms with Crippen LogP contribution in [0.4, 0.5) is 0 Å². The van der Waals surface area contributed by atoms with Gasteiger partial charge in [-0.1, -0.05) is 48.2 Å². The average Bonchev–Trinajstić information content (AvgIpc) is 3.33. The van der Waals surface area contributed by atoms with Gasteiger partial charge in [0, 0.05) is 30.9 Å². The molecule has 0 spiro atoms. The van der Waals surface area contributed by atoms with E-state index in [2.05, 4.69) is 46.4 Å². The molecule has 1 heterocycles. The molecule has 0 unspecified atom stereocenters. The van der Waals surface area contributed by atoms with Crippen LogP contribution in [0.3, 0.4) is 0 Å². The summed E-state index contributed by atoms with van der Waals surface area (Å²) in [6, 6.07) is 15.3. The highest BCUT2D eigenvalue weighted by molar-refractivity contribution is 7.46. The van der Waals surface area contributed by atoms with Crippen LogP contribution in [0.25, 0.3) is 11.1 Å². The van der Waals surface area contributed by atoms with Crippen molar-refractivity contribution < 1.29 is 28.8 Å². The van der Waals surface area contributed by atoms with Gasteiger partial charge in [0.1, 0.15) is 18.0 Å². The monoisotopic (exact) mass is 523 g/mol. The largest absolute Gasteiger partial charge is 0.469 e. The number of carbonyl (C=O) groups is 1. The van der Waals surface area contributed by atoms with E-state index in [1.807, 2.05) is 24.3 Å². The fourth-order valence-electron chi connectivity index (χ4n) is 4.44. The van der Waals surface area contributed by atoms with Crippen molar-refractivity contribution in [1.29, 1.82) is 0 Å². The van der Waals surface area contributed by atoms with E-state index in [1.165, 1.54) is 11.8 Å². The Morgan fingerprint density at radius 2 is 1.78 bits per heavy atom. The molecule has 3 aromatic rings. The second-order valence-corrected chi connectivity index (χ2v) is 10.4. The molecule has 4 rings (SSSR count). The van der Waals surface area contributed by atoms with Gasteiger partial charge in [-0.2, -0.15) is 0 Å². The number of carbonyl (C=O) groups excluding carboxylic acids is 1. The second-order valence-electron chi connectivity index (χ2n) is 9.12. The van der Waals surface area contributed by atoms with E-state index in [9.17, 15) is 14.5 Å². The van der Waals surface area contributed by atoms with Crippen molar-refractivity contribution >= 4 is 13.7 Å². The Morgan fingerprint density at radius 3 is 2.35 bits per heavy atom. The van der Waals surface area contributed by atoms with Crippen molar-refractivity contribution in [3.8, 4) is 23.0 Å². The number of aliphatic hydroxyl groups excluding tert-OH is 1. The SMILES string of the molecule is CNC(=O)C1CC(c2ccc(-c3ccc(C#C[C@@H](COP(=O)(O)O)n4ccnc4[C@H](C)O)cc3)cc2)C1. The average molecular weight is 524 g/mol. The summed E-state index contributed by atoms with van der Waals surface area (Å²) < 4.78 is 17.5. The molecule has 0 bridgehead atoms. The van der Waals surface area contributed by atoms with Gasteiger partial charge in [0.05, 0.1) is 6.61 Å². The summed E-state index contributed by atoms with van der Waals surface area (Å²) in [4.78, 5) is 34.1. The predicted molar refractivity (Wildman–Crippen MR) is 138 cm³/mol. The zero-order valence-corrected chi connectivity index (χ0v) is 21.5. The Bertz CT molecular complexity index is 1330. The van der Waals surface area contributed by atoms with Crippen LogP contribution < -0.4 is 5.32 Å². The molecular formula is C27H30N3O6P. The first-order chi connectivity index (χ1) is 17.6. The lowest BCUT2D eigenvalue weighted by atomic mass is 9.71. The van der Waals surface area contributed by atoms with E-state index >= 15 is 0 Å². The van der Waals surface area contributed by atoms with Crippen LogP contribution in [0.5, 0.6) is 0 Å². The number of imidazole rings is 1. The number of amides is 1. The number of rotatable bonds is 8. The fraction of sp³-hybridized carbons (Fsp3) is 0.333. The molecule has 2 atom stereocenters. The summed E-state index contributed by atoms with van der Waals surface area (Å²) in [7, 11) is -3.02. The maximum absolute atomic E-state index is 11.7. The number of benzene rings is 2. The maximum atomic E-state index is 11.7. The molecule has 1 saturated carbocycles. The Morgan fingerprint density at radius 1 is 1.16 bits per heavy atom. The minimum atomic E-state index is -4.70. The Labute approximate surface area is 215 Å². The molecule has 9 nitrogen and oxygen atoms in total. The number of phosphoric ester groups is 1. The van der Waals surface area contributed by atoms with Gasteiger partial charge < -0.3 is 24.8 Å². The van der Waals surface area contributed by atoms with Crippen molar-refractivity contribution in [2.24, 2.45) is 5.92 Å². The summed E-state index contributed by atoms with van der Waals surface area (Å²) in [6.07, 6.45) is 3.94. The molecule has 10 heteroatoms. The van der Waals surface area contributed by atoms with Crippen LogP contribution in [-0.2, 0) is 13.9 Å². The Hall–Kier alpha value is -3.25. The number of aromatic nitrogens is 2. The lowest BCUT2D eigenvalue weighted by Gasteiger charge is -2.34. The number of nitrogens with one attached hydrogen (secondary N) is 1. The van der Waals surface area contributed by atoms with Gasteiger partial charge in [0.2, 0.25) is 5.91 Å². The summed E-state index contributed by atoms with van der Waals surface area (Å²) >= 11 is 0. The van der Waals surface area contributed by atoms with Gasteiger partial charge in [-0.05, 0) is 54.5 Å². The zero-order valence-electron chi connectivity index (χ0n) is 20.6. The summed E-state index contributed by atoms with van der Waals surface area (Å²) in [6.45, 7) is 1.18. The highest BCUT2D eigenvalue weighted by Crippen LogP contribution is 2.42. The lowest BCUT2D eigenvalue weighted by Crippen LogP contribution is -2.35. The normalized spacial score (nSPS) is 18.7. The quantitative estimate of drug-likeness (QED) is 0.262. The number of hydrogen-bond donors (Lipinski definition) is 4. The van der Waals surface area contributed by atoms with Gasteiger partial charge in [-0.15, -0.1) is 0 Å². The van der Waals surface area contributed by atoms with Crippen molar-refractivity contribution in [1.82, 2.24) is 14.9 Å². The maximum Gasteiger partial charge on any atom is 0.469 e. The first-order valence-corrected chi connectivity index (χ1v) is 13.5. The first-order valence-electron chi connectivity index (χ1n) is 12.0. The highest BCUT2D eigenvalue weighted by Gasteiger charge is 2.34. The molecule has 0 aliphatic heterocycles. The molecule has 0 saturated heterocycles. The summed E-state index contributed by atoms with van der Waals surface area (Å²) in [5.41, 5.74) is 4.06. The minimum absolute atomic E-state index is 0.110. The molecule has 0 radical (unpaired) electrons. The van der Waals surface area contributed by atoms with E-state index in [0.29, 0.717) is 11.7 Å². The van der Waals surface area contributed by atoms with E-state index in [4.69, 9.17) is 14.3 Å². The molecule has 37 heavy (non-hydrogen) atoms. The molecule has 194 valence electrons. The summed E-state index contributed by atoms with van der Waals surface area (Å²) in [5.74, 6) is 6.97.